The predicted octanol–water partition coefficient (Wildman–Crippen LogP) is 3.18. The highest BCUT2D eigenvalue weighted by Gasteiger charge is 2.20. The summed E-state index contributed by atoms with van der Waals surface area (Å²) < 4.78 is 0. The Morgan fingerprint density at radius 3 is 2.76 bits per heavy atom. The van der Waals surface area contributed by atoms with Crippen LogP contribution < -0.4 is 0 Å². The molecule has 0 saturated carbocycles. The van der Waals surface area contributed by atoms with Crippen LogP contribution in [0.5, 0.6) is 0 Å². The number of benzene rings is 1. The molecule has 88 valence electrons. The molecule has 1 aromatic rings. The lowest BCUT2D eigenvalue weighted by Crippen LogP contribution is -2.21. The van der Waals surface area contributed by atoms with E-state index in [1.54, 1.807) is 6.07 Å². The smallest absolute Gasteiger partial charge is 0.165 e. The summed E-state index contributed by atoms with van der Waals surface area (Å²) in [6.45, 7) is 1.46. The van der Waals surface area contributed by atoms with Crippen LogP contribution in [0, 0.1) is 22.7 Å². The van der Waals surface area contributed by atoms with E-state index in [9.17, 15) is 4.79 Å². The summed E-state index contributed by atoms with van der Waals surface area (Å²) in [5.41, 5.74) is 0.0808. The number of hydrogen-bond acceptors (Lipinski definition) is 4. The number of nitrogens with zero attached hydrogens (tertiary/aromatic N) is 1. The van der Waals surface area contributed by atoms with Crippen molar-refractivity contribution in [3.63, 3.8) is 0 Å². The van der Waals surface area contributed by atoms with Gasteiger partial charge in [-0.2, -0.15) is 5.26 Å². The van der Waals surface area contributed by atoms with Crippen molar-refractivity contribution in [2.75, 3.05) is 5.75 Å². The van der Waals surface area contributed by atoms with Gasteiger partial charge in [0, 0.05) is 10.6 Å². The van der Waals surface area contributed by atoms with E-state index in [2.05, 4.69) is 0 Å². The summed E-state index contributed by atoms with van der Waals surface area (Å²) in [7, 11) is 0. The van der Waals surface area contributed by atoms with Crippen molar-refractivity contribution in [2.24, 2.45) is 5.92 Å². The van der Waals surface area contributed by atoms with Crippen molar-refractivity contribution in [1.82, 2.24) is 0 Å². The van der Waals surface area contributed by atoms with Crippen molar-refractivity contribution in [2.45, 2.75) is 11.8 Å². The number of rotatable bonds is 5. The second-order valence-electron chi connectivity index (χ2n) is 3.43. The Kier molecular flexibility index (Phi) is 5.20. The minimum atomic E-state index is -0.940. The highest BCUT2D eigenvalue weighted by atomic mass is 35.5. The van der Waals surface area contributed by atoms with Crippen LogP contribution in [0.1, 0.15) is 6.92 Å². The Labute approximate surface area is 109 Å². The number of hydrogen-bond donors (Lipinski definition) is 1. The topological polar surface area (TPSA) is 64.7 Å². The molecule has 0 amide bonds. The standard InChI is InChI=1S/C12H11ClN2OS/c1-8(15)9(6-14)11(16)7-17-12-5-3-2-4-10(12)13/h2-5,9,15H,7H2,1H3. The van der Waals surface area contributed by atoms with Gasteiger partial charge in [-0.15, -0.1) is 11.8 Å². The normalized spacial score (nSPS) is 11.6. The minimum absolute atomic E-state index is 0.0808. The van der Waals surface area contributed by atoms with E-state index >= 15 is 0 Å². The first kappa shape index (κ1) is 13.8. The number of thioether (sulfide) groups is 1. The summed E-state index contributed by atoms with van der Waals surface area (Å²) in [4.78, 5) is 12.5. The Balaban J connectivity index is 2.63. The van der Waals surface area contributed by atoms with Gasteiger partial charge in [-0.05, 0) is 19.1 Å². The fourth-order valence-electron chi connectivity index (χ4n) is 1.20. The monoisotopic (exact) mass is 266 g/mol. The van der Waals surface area contributed by atoms with E-state index in [-0.39, 0.29) is 17.2 Å². The molecule has 0 fully saturated rings. The van der Waals surface area contributed by atoms with Gasteiger partial charge in [0.05, 0.1) is 16.8 Å². The van der Waals surface area contributed by atoms with Crippen LogP contribution in [0.3, 0.4) is 0 Å². The molecule has 0 bridgehead atoms. The lowest BCUT2D eigenvalue weighted by molar-refractivity contribution is -0.117. The molecule has 0 aliphatic rings. The van der Waals surface area contributed by atoms with Gasteiger partial charge in [0.15, 0.2) is 5.78 Å². The van der Waals surface area contributed by atoms with Gasteiger partial charge in [0.25, 0.3) is 0 Å². The van der Waals surface area contributed by atoms with Crippen molar-refractivity contribution in [1.29, 1.82) is 10.7 Å². The van der Waals surface area contributed by atoms with Gasteiger partial charge in [0.1, 0.15) is 5.92 Å². The molecule has 0 aliphatic heterocycles. The summed E-state index contributed by atoms with van der Waals surface area (Å²) in [6, 6.07) is 9.05. The quantitative estimate of drug-likeness (QED) is 0.658. The second-order valence-corrected chi connectivity index (χ2v) is 4.85. The molecule has 0 heterocycles. The molecule has 1 aromatic carbocycles. The van der Waals surface area contributed by atoms with Crippen LogP contribution >= 0.6 is 23.4 Å². The number of halogens is 1. The van der Waals surface area contributed by atoms with Crippen LogP contribution in [0.4, 0.5) is 0 Å². The number of nitriles is 1. The molecular weight excluding hydrogens is 256 g/mol. The Bertz CT molecular complexity index is 482. The van der Waals surface area contributed by atoms with Crippen molar-refractivity contribution in [3.8, 4) is 6.07 Å². The van der Waals surface area contributed by atoms with Crippen LogP contribution in [-0.4, -0.2) is 17.2 Å². The van der Waals surface area contributed by atoms with E-state index in [1.807, 2.05) is 24.3 Å². The maximum atomic E-state index is 11.7. The Morgan fingerprint density at radius 1 is 1.59 bits per heavy atom. The van der Waals surface area contributed by atoms with Crippen LogP contribution in [0.2, 0.25) is 5.02 Å². The molecule has 0 radical (unpaired) electrons. The van der Waals surface area contributed by atoms with Crippen molar-refractivity contribution in [3.05, 3.63) is 29.3 Å². The SMILES string of the molecule is CC(=N)C(C#N)C(=O)CSc1ccccc1Cl. The third-order valence-corrected chi connectivity index (χ3v) is 3.63. The van der Waals surface area contributed by atoms with Gasteiger partial charge >= 0.3 is 0 Å². The molecule has 17 heavy (non-hydrogen) atoms. The van der Waals surface area contributed by atoms with Gasteiger partial charge in [-0.1, -0.05) is 23.7 Å². The highest BCUT2D eigenvalue weighted by molar-refractivity contribution is 8.00. The summed E-state index contributed by atoms with van der Waals surface area (Å²) in [6.07, 6.45) is 0. The largest absolute Gasteiger partial charge is 0.308 e. The van der Waals surface area contributed by atoms with Crippen LogP contribution in [-0.2, 0) is 4.79 Å². The third-order valence-electron chi connectivity index (χ3n) is 2.09. The van der Waals surface area contributed by atoms with E-state index < -0.39 is 5.92 Å². The number of Topliss-reactive ketones (excluding diaryl/α,β-unsaturated/α-hetero) is 1. The van der Waals surface area contributed by atoms with Gasteiger partial charge in [-0.25, -0.2) is 0 Å². The highest BCUT2D eigenvalue weighted by Crippen LogP contribution is 2.27. The first-order valence-corrected chi connectivity index (χ1v) is 6.27. The van der Waals surface area contributed by atoms with Crippen molar-refractivity contribution < 1.29 is 4.79 Å². The fourth-order valence-corrected chi connectivity index (χ4v) is 2.35. The molecule has 1 unspecified atom stereocenters. The average molecular weight is 267 g/mol. The molecule has 1 N–H and O–H groups in total. The fraction of sp³-hybridized carbons (Fsp3) is 0.250. The van der Waals surface area contributed by atoms with Gasteiger partial charge in [-0.3, -0.25) is 4.79 Å². The van der Waals surface area contributed by atoms with Gasteiger partial charge in [0.2, 0.25) is 0 Å². The number of carbonyl (C=O) groups excluding carboxylic acids is 1. The molecule has 0 spiro atoms. The van der Waals surface area contributed by atoms with E-state index in [1.165, 1.54) is 18.7 Å². The zero-order chi connectivity index (χ0) is 12.8. The number of nitrogens with one attached hydrogen (secondary N) is 1. The molecule has 3 nitrogen and oxygen atoms in total. The maximum Gasteiger partial charge on any atom is 0.165 e. The Morgan fingerprint density at radius 2 is 2.24 bits per heavy atom. The molecule has 0 saturated heterocycles. The maximum absolute atomic E-state index is 11.7. The molecule has 5 heteroatoms. The number of carbonyl (C=O) groups is 1. The molecule has 0 aliphatic carbocycles. The zero-order valence-electron chi connectivity index (χ0n) is 9.24. The second kappa shape index (κ2) is 6.43. The Hall–Kier alpha value is -1.31. The first-order chi connectivity index (χ1) is 8.06. The lowest BCUT2D eigenvalue weighted by atomic mass is 10.0. The molecule has 1 atom stereocenters. The predicted molar refractivity (Wildman–Crippen MR) is 69.7 cm³/mol. The van der Waals surface area contributed by atoms with Crippen LogP contribution in [0.25, 0.3) is 0 Å². The average Bonchev–Trinajstić information content (AvgIpc) is 2.28. The number of ketones is 1. The van der Waals surface area contributed by atoms with E-state index in [0.717, 1.165) is 4.90 Å². The summed E-state index contributed by atoms with van der Waals surface area (Å²) in [5.74, 6) is -1.05. The third kappa shape index (κ3) is 3.88. The van der Waals surface area contributed by atoms with Crippen LogP contribution in [0.15, 0.2) is 29.2 Å². The summed E-state index contributed by atoms with van der Waals surface area (Å²) in [5, 5.41) is 16.7. The summed E-state index contributed by atoms with van der Waals surface area (Å²) >= 11 is 7.23. The molecule has 1 rings (SSSR count). The van der Waals surface area contributed by atoms with Gasteiger partial charge < -0.3 is 5.41 Å². The van der Waals surface area contributed by atoms with E-state index in [4.69, 9.17) is 22.3 Å². The first-order valence-electron chi connectivity index (χ1n) is 4.91. The zero-order valence-corrected chi connectivity index (χ0v) is 10.8. The van der Waals surface area contributed by atoms with E-state index in [0.29, 0.717) is 5.02 Å². The molecule has 0 aromatic heterocycles. The lowest BCUT2D eigenvalue weighted by Gasteiger charge is -2.06. The van der Waals surface area contributed by atoms with Crippen molar-refractivity contribution >= 4 is 34.9 Å². The minimum Gasteiger partial charge on any atom is -0.308 e. The molecular formula is C12H11ClN2OS.